The third kappa shape index (κ3) is 11.6. The van der Waals surface area contributed by atoms with Crippen molar-refractivity contribution < 1.29 is 28.8 Å². The Balaban J connectivity index is 1.17. The lowest BCUT2D eigenvalue weighted by molar-refractivity contribution is 0.111. The van der Waals surface area contributed by atoms with Crippen molar-refractivity contribution in [1.29, 1.82) is 0 Å². The van der Waals surface area contributed by atoms with E-state index in [4.69, 9.17) is 0 Å². The van der Waals surface area contributed by atoms with Gasteiger partial charge in [0.2, 0.25) is 0 Å². The molecule has 13 aromatic rings. The highest BCUT2D eigenvalue weighted by molar-refractivity contribution is 6.15. The van der Waals surface area contributed by atoms with Gasteiger partial charge < -0.3 is 0 Å². The average Bonchev–Trinajstić information content (AvgIpc) is 0.728. The summed E-state index contributed by atoms with van der Waals surface area (Å²) in [6, 6.07) is 97.5. The van der Waals surface area contributed by atoms with Crippen molar-refractivity contribution in [2.75, 3.05) is 0 Å². The van der Waals surface area contributed by atoms with Crippen LogP contribution in [0.25, 0.3) is 134 Å². The summed E-state index contributed by atoms with van der Waals surface area (Å²) in [7, 11) is 0. The first kappa shape index (κ1) is 57.0. The van der Waals surface area contributed by atoms with Gasteiger partial charge >= 0.3 is 0 Å². The minimum Gasteiger partial charge on any atom is -0.298 e. The van der Waals surface area contributed by atoms with Crippen LogP contribution in [0.3, 0.4) is 0 Å². The van der Waals surface area contributed by atoms with Gasteiger partial charge in [0.1, 0.15) is 37.7 Å². The molecule has 0 atom stereocenters. The van der Waals surface area contributed by atoms with Gasteiger partial charge in [-0.1, -0.05) is 291 Å². The molecule has 0 aliphatic carbocycles. The number of hydrogen-bond donors (Lipinski definition) is 0. The topological polar surface area (TPSA) is 102 Å². The largest absolute Gasteiger partial charge is 0.298 e. The molecule has 13 rings (SSSR count). The number of benzene rings is 13. The van der Waals surface area contributed by atoms with Gasteiger partial charge in [-0.2, -0.15) is 0 Å². The molecule has 0 aliphatic rings. The van der Waals surface area contributed by atoms with E-state index in [1.807, 2.05) is 146 Å². The highest BCUT2D eigenvalue weighted by Gasteiger charge is 2.30. The van der Waals surface area contributed by atoms with Gasteiger partial charge in [0, 0.05) is 33.4 Å². The molecule has 0 aromatic heterocycles. The fourth-order valence-electron chi connectivity index (χ4n) is 12.0. The molecular formula is C84H54O6. The van der Waals surface area contributed by atoms with E-state index in [9.17, 15) is 28.8 Å². The molecule has 0 heterocycles. The van der Waals surface area contributed by atoms with Crippen LogP contribution in [-0.4, -0.2) is 37.7 Å². The van der Waals surface area contributed by atoms with Crippen LogP contribution < -0.4 is 0 Å². The third-order valence-corrected chi connectivity index (χ3v) is 16.8. The second kappa shape index (κ2) is 25.5. The van der Waals surface area contributed by atoms with Crippen molar-refractivity contribution in [3.8, 4) is 134 Å². The van der Waals surface area contributed by atoms with Crippen molar-refractivity contribution in [2.24, 2.45) is 0 Å². The minimum atomic E-state index is 0.591. The van der Waals surface area contributed by atoms with Gasteiger partial charge in [0.05, 0.1) is 0 Å². The predicted molar refractivity (Wildman–Crippen MR) is 364 cm³/mol. The maximum Gasteiger partial charge on any atom is 0.150 e. The molecule has 426 valence electrons. The lowest BCUT2D eigenvalue weighted by Crippen LogP contribution is -2.02. The number of hydrogen-bond acceptors (Lipinski definition) is 6. The van der Waals surface area contributed by atoms with Gasteiger partial charge in [-0.15, -0.1) is 0 Å². The maximum absolute atomic E-state index is 11.8. The molecule has 6 heteroatoms. The van der Waals surface area contributed by atoms with Crippen molar-refractivity contribution in [3.05, 3.63) is 325 Å². The molecular weight excluding hydrogens is 1100 g/mol. The first-order valence-corrected chi connectivity index (χ1v) is 29.5. The lowest BCUT2D eigenvalue weighted by atomic mass is 9.73. The van der Waals surface area contributed by atoms with Gasteiger partial charge in [-0.05, 0) is 134 Å². The second-order valence-corrected chi connectivity index (χ2v) is 22.2. The predicted octanol–water partition coefficient (Wildman–Crippen LogP) is 20.6. The summed E-state index contributed by atoms with van der Waals surface area (Å²) in [4.78, 5) is 70.8. The van der Waals surface area contributed by atoms with Crippen molar-refractivity contribution in [3.63, 3.8) is 0 Å². The lowest BCUT2D eigenvalue weighted by Gasteiger charge is -2.29. The van der Waals surface area contributed by atoms with Crippen molar-refractivity contribution in [1.82, 2.24) is 0 Å². The quantitative estimate of drug-likeness (QED) is 0.0793. The van der Waals surface area contributed by atoms with E-state index in [-0.39, 0.29) is 0 Å². The SMILES string of the molecule is O=Cc1ccc(-c2ccc(-c3c(-c4ccc(-c5ccc(C=O)cc5)cc4)c(-c4ccc(-c5ccc(C=O)cc5)cc4)c(-c4ccc(-c5ccc(C=O)cc5)cc4)c(-c4ccc(-c5ccc(C=O)cc5)cc4)c3-c3ccc(-c4ccc(C=O)cc4)cc3)cc2)cc1. The number of carbonyl (C=O) groups is 6. The number of rotatable bonds is 18. The Bertz CT molecular complexity index is 3950. The van der Waals surface area contributed by atoms with E-state index < -0.39 is 0 Å². The Morgan fingerprint density at radius 1 is 0.111 bits per heavy atom. The van der Waals surface area contributed by atoms with Crippen molar-refractivity contribution in [2.45, 2.75) is 0 Å². The zero-order valence-corrected chi connectivity index (χ0v) is 48.6. The standard InChI is InChI=1S/C84H54O6/c85-49-55-1-13-61(14-2-55)67-25-37-73(38-26-67)79-80(74-39-27-68(28-40-74)62-15-3-56(50-86)4-16-62)82(76-43-31-70(32-44-76)64-19-7-58(52-88)8-20-64)84(78-47-35-72(36-48-78)66-23-11-60(54-90)12-24-66)83(77-45-33-71(34-46-77)65-21-9-59(53-89)10-22-65)81(79)75-41-29-69(30-42-75)63-17-5-57(51-87)6-18-63/h1-54H. The zero-order chi connectivity index (χ0) is 61.5. The van der Waals surface area contributed by atoms with E-state index in [2.05, 4.69) is 146 Å². The number of carbonyl (C=O) groups excluding carboxylic acids is 6. The molecule has 0 N–H and O–H groups in total. The summed E-state index contributed by atoms with van der Waals surface area (Å²) in [5, 5.41) is 0. The fraction of sp³-hybridized carbons (Fsp3) is 0. The van der Waals surface area contributed by atoms with Gasteiger partial charge in [-0.3, -0.25) is 28.8 Å². The van der Waals surface area contributed by atoms with Crippen LogP contribution >= 0.6 is 0 Å². The first-order chi connectivity index (χ1) is 44.3. The van der Waals surface area contributed by atoms with Crippen LogP contribution in [0.2, 0.25) is 0 Å². The van der Waals surface area contributed by atoms with Crippen LogP contribution in [0.15, 0.2) is 291 Å². The van der Waals surface area contributed by atoms with E-state index >= 15 is 0 Å². The van der Waals surface area contributed by atoms with Crippen LogP contribution in [-0.2, 0) is 0 Å². The normalized spacial score (nSPS) is 10.9. The minimum absolute atomic E-state index is 0.591. The molecule has 0 unspecified atom stereocenters. The Kier molecular flexibility index (Phi) is 16.1. The summed E-state index contributed by atoms with van der Waals surface area (Å²) in [5.41, 5.74) is 26.6. The highest BCUT2D eigenvalue weighted by Crippen LogP contribution is 2.57. The Labute approximate surface area is 521 Å². The molecule has 0 aliphatic heterocycles. The second-order valence-electron chi connectivity index (χ2n) is 22.2. The Morgan fingerprint density at radius 3 is 0.278 bits per heavy atom. The average molecular weight is 1160 g/mol. The molecule has 0 radical (unpaired) electrons. The van der Waals surface area contributed by atoms with Crippen LogP contribution in [0.5, 0.6) is 0 Å². The monoisotopic (exact) mass is 1160 g/mol. The molecule has 0 spiro atoms. The molecule has 0 saturated heterocycles. The first-order valence-electron chi connectivity index (χ1n) is 29.5. The molecule has 0 saturated carbocycles. The van der Waals surface area contributed by atoms with Gasteiger partial charge in [0.25, 0.3) is 0 Å². The maximum atomic E-state index is 11.8. The fourth-order valence-corrected chi connectivity index (χ4v) is 12.0. The smallest absolute Gasteiger partial charge is 0.150 e. The molecule has 0 amide bonds. The van der Waals surface area contributed by atoms with Gasteiger partial charge in [0.15, 0.2) is 0 Å². The van der Waals surface area contributed by atoms with E-state index in [1.165, 1.54) is 0 Å². The third-order valence-electron chi connectivity index (χ3n) is 16.8. The number of aldehydes is 6. The summed E-state index contributed by atoms with van der Waals surface area (Å²) in [6.07, 6.45) is 5.10. The summed E-state index contributed by atoms with van der Waals surface area (Å²) < 4.78 is 0. The zero-order valence-electron chi connectivity index (χ0n) is 48.6. The highest BCUT2D eigenvalue weighted by atomic mass is 16.1. The van der Waals surface area contributed by atoms with E-state index in [1.54, 1.807) is 0 Å². The molecule has 6 nitrogen and oxygen atoms in total. The molecule has 0 bridgehead atoms. The summed E-state index contributed by atoms with van der Waals surface area (Å²) in [5.74, 6) is 0. The van der Waals surface area contributed by atoms with E-state index in [0.29, 0.717) is 33.4 Å². The molecule has 90 heavy (non-hydrogen) atoms. The van der Waals surface area contributed by atoms with Crippen LogP contribution in [0.1, 0.15) is 62.1 Å². The van der Waals surface area contributed by atoms with E-state index in [0.717, 1.165) is 171 Å². The molecule has 13 aromatic carbocycles. The Morgan fingerprint density at radius 2 is 0.189 bits per heavy atom. The van der Waals surface area contributed by atoms with Crippen LogP contribution in [0, 0.1) is 0 Å². The Hall–Kier alpha value is -12.1. The van der Waals surface area contributed by atoms with Gasteiger partial charge in [-0.25, -0.2) is 0 Å². The summed E-state index contributed by atoms with van der Waals surface area (Å²) >= 11 is 0. The molecule has 0 fully saturated rings. The summed E-state index contributed by atoms with van der Waals surface area (Å²) in [6.45, 7) is 0. The van der Waals surface area contributed by atoms with Crippen molar-refractivity contribution >= 4 is 37.7 Å². The van der Waals surface area contributed by atoms with Crippen LogP contribution in [0.4, 0.5) is 0 Å².